The fourth-order valence-electron chi connectivity index (χ4n) is 3.27. The summed E-state index contributed by atoms with van der Waals surface area (Å²) in [5.74, 6) is 1.90. The van der Waals surface area contributed by atoms with Crippen LogP contribution < -0.4 is 4.90 Å². The van der Waals surface area contributed by atoms with E-state index in [1.54, 1.807) is 6.07 Å². The number of piperazine rings is 1. The molecule has 1 aromatic carbocycles. The van der Waals surface area contributed by atoms with Gasteiger partial charge in [0, 0.05) is 39.0 Å². The van der Waals surface area contributed by atoms with Crippen LogP contribution in [0.15, 0.2) is 42.5 Å². The van der Waals surface area contributed by atoms with E-state index in [-0.39, 0.29) is 5.91 Å². The van der Waals surface area contributed by atoms with Crippen LogP contribution in [0.1, 0.15) is 12.2 Å². The SMILES string of the molecule is O=C(CCc1nc2ccccc2[nH]1)N1CCN(c2cccc(Cl)n2)CC1. The number of halogens is 1. The molecule has 0 saturated carbocycles. The summed E-state index contributed by atoms with van der Waals surface area (Å²) in [6, 6.07) is 13.5. The summed E-state index contributed by atoms with van der Waals surface area (Å²) in [5.41, 5.74) is 1.95. The molecule has 7 heteroatoms. The summed E-state index contributed by atoms with van der Waals surface area (Å²) in [4.78, 5) is 28.7. The lowest BCUT2D eigenvalue weighted by Crippen LogP contribution is -2.49. The fourth-order valence-corrected chi connectivity index (χ4v) is 3.43. The number of nitrogens with zero attached hydrogens (tertiary/aromatic N) is 4. The summed E-state index contributed by atoms with van der Waals surface area (Å²) in [6.45, 7) is 2.94. The number of aromatic amines is 1. The molecular weight excluding hydrogens is 350 g/mol. The number of carbonyl (C=O) groups excluding carboxylic acids is 1. The normalized spacial score (nSPS) is 14.8. The molecule has 134 valence electrons. The number of aryl methyl sites for hydroxylation is 1. The van der Waals surface area contributed by atoms with E-state index in [1.807, 2.05) is 41.3 Å². The highest BCUT2D eigenvalue weighted by molar-refractivity contribution is 6.29. The maximum Gasteiger partial charge on any atom is 0.223 e. The third kappa shape index (κ3) is 3.65. The van der Waals surface area contributed by atoms with Crippen molar-refractivity contribution < 1.29 is 4.79 Å². The average Bonchev–Trinajstić information content (AvgIpc) is 3.09. The molecule has 6 nitrogen and oxygen atoms in total. The number of benzene rings is 1. The van der Waals surface area contributed by atoms with E-state index >= 15 is 0 Å². The first kappa shape index (κ1) is 16.8. The van der Waals surface area contributed by atoms with E-state index in [0.717, 1.165) is 35.8 Å². The van der Waals surface area contributed by atoms with Gasteiger partial charge in [0.25, 0.3) is 0 Å². The number of rotatable bonds is 4. The van der Waals surface area contributed by atoms with Crippen LogP contribution in [0, 0.1) is 0 Å². The van der Waals surface area contributed by atoms with E-state index in [1.165, 1.54) is 0 Å². The molecule has 26 heavy (non-hydrogen) atoms. The number of imidazole rings is 1. The standard InChI is InChI=1S/C19H20ClN5O/c20-16-6-3-7-18(23-16)24-10-12-25(13-11-24)19(26)9-8-17-21-14-4-1-2-5-15(14)22-17/h1-7H,8-13H2,(H,21,22). The van der Waals surface area contributed by atoms with E-state index in [9.17, 15) is 4.79 Å². The molecule has 4 rings (SSSR count). The lowest BCUT2D eigenvalue weighted by atomic mass is 10.2. The molecule has 1 fully saturated rings. The van der Waals surface area contributed by atoms with Crippen molar-refractivity contribution in [3.63, 3.8) is 0 Å². The fraction of sp³-hybridized carbons (Fsp3) is 0.316. The Morgan fingerprint density at radius 2 is 1.85 bits per heavy atom. The maximum atomic E-state index is 12.5. The van der Waals surface area contributed by atoms with Gasteiger partial charge >= 0.3 is 0 Å². The van der Waals surface area contributed by atoms with Gasteiger partial charge in [-0.05, 0) is 24.3 Å². The smallest absolute Gasteiger partial charge is 0.223 e. The number of fused-ring (bicyclic) bond motifs is 1. The molecule has 3 aromatic rings. The molecule has 1 N–H and O–H groups in total. The minimum atomic E-state index is 0.171. The first-order valence-electron chi connectivity index (χ1n) is 8.78. The van der Waals surface area contributed by atoms with Crippen LogP contribution in [0.25, 0.3) is 11.0 Å². The third-order valence-electron chi connectivity index (χ3n) is 4.67. The van der Waals surface area contributed by atoms with Gasteiger partial charge in [-0.2, -0.15) is 0 Å². The first-order valence-corrected chi connectivity index (χ1v) is 9.16. The van der Waals surface area contributed by atoms with Crippen molar-refractivity contribution in [2.45, 2.75) is 12.8 Å². The zero-order chi connectivity index (χ0) is 17.9. The van der Waals surface area contributed by atoms with Gasteiger partial charge < -0.3 is 14.8 Å². The largest absolute Gasteiger partial charge is 0.353 e. The van der Waals surface area contributed by atoms with Gasteiger partial charge in [-0.1, -0.05) is 29.8 Å². The molecule has 0 unspecified atom stereocenters. The molecule has 0 aliphatic carbocycles. The van der Waals surface area contributed by atoms with Crippen molar-refractivity contribution in [3.05, 3.63) is 53.4 Å². The Bertz CT molecular complexity index is 884. The minimum Gasteiger partial charge on any atom is -0.353 e. The predicted molar refractivity (Wildman–Crippen MR) is 102 cm³/mol. The van der Waals surface area contributed by atoms with Crippen LogP contribution in [0.3, 0.4) is 0 Å². The van der Waals surface area contributed by atoms with Crippen LogP contribution in [0.5, 0.6) is 0 Å². The molecule has 0 atom stereocenters. The number of hydrogen-bond acceptors (Lipinski definition) is 4. The number of anilines is 1. The highest BCUT2D eigenvalue weighted by Crippen LogP contribution is 2.17. The summed E-state index contributed by atoms with van der Waals surface area (Å²) < 4.78 is 0. The van der Waals surface area contributed by atoms with Gasteiger partial charge in [0.15, 0.2) is 0 Å². The topological polar surface area (TPSA) is 65.1 Å². The Hall–Kier alpha value is -2.60. The Kier molecular flexibility index (Phi) is 4.75. The average molecular weight is 370 g/mol. The number of pyridine rings is 1. The van der Waals surface area contributed by atoms with Crippen LogP contribution >= 0.6 is 11.6 Å². The van der Waals surface area contributed by atoms with Crippen LogP contribution in [-0.2, 0) is 11.2 Å². The lowest BCUT2D eigenvalue weighted by Gasteiger charge is -2.35. The molecule has 1 aliphatic rings. The van der Waals surface area contributed by atoms with E-state index < -0.39 is 0 Å². The molecule has 1 amide bonds. The summed E-state index contributed by atoms with van der Waals surface area (Å²) in [7, 11) is 0. The van der Waals surface area contributed by atoms with Crippen LogP contribution in [0.4, 0.5) is 5.82 Å². The number of H-pyrrole nitrogens is 1. The van der Waals surface area contributed by atoms with Gasteiger partial charge in [-0.15, -0.1) is 0 Å². The van der Waals surface area contributed by atoms with Gasteiger partial charge in [0.2, 0.25) is 5.91 Å². The molecule has 1 aliphatic heterocycles. The third-order valence-corrected chi connectivity index (χ3v) is 4.88. The first-order chi connectivity index (χ1) is 12.7. The number of para-hydroxylation sites is 2. The van der Waals surface area contributed by atoms with Gasteiger partial charge in [-0.3, -0.25) is 4.79 Å². The zero-order valence-corrected chi connectivity index (χ0v) is 15.1. The molecule has 3 heterocycles. The summed E-state index contributed by atoms with van der Waals surface area (Å²) in [6.07, 6.45) is 1.10. The summed E-state index contributed by atoms with van der Waals surface area (Å²) >= 11 is 5.96. The van der Waals surface area contributed by atoms with Crippen molar-refractivity contribution in [1.29, 1.82) is 0 Å². The number of amides is 1. The predicted octanol–water partition coefficient (Wildman–Crippen LogP) is 2.89. The minimum absolute atomic E-state index is 0.171. The van der Waals surface area contributed by atoms with E-state index in [4.69, 9.17) is 11.6 Å². The van der Waals surface area contributed by atoms with Crippen molar-refractivity contribution in [2.24, 2.45) is 0 Å². The molecule has 0 radical (unpaired) electrons. The van der Waals surface area contributed by atoms with Crippen LogP contribution in [0.2, 0.25) is 5.15 Å². The Labute approximate surface area is 156 Å². The Balaban J connectivity index is 1.30. The Morgan fingerprint density at radius 3 is 2.62 bits per heavy atom. The van der Waals surface area contributed by atoms with Crippen molar-refractivity contribution >= 4 is 34.4 Å². The molecule has 2 aromatic heterocycles. The second kappa shape index (κ2) is 7.33. The zero-order valence-electron chi connectivity index (χ0n) is 14.4. The monoisotopic (exact) mass is 369 g/mol. The molecular formula is C19H20ClN5O. The highest BCUT2D eigenvalue weighted by Gasteiger charge is 2.22. The second-order valence-electron chi connectivity index (χ2n) is 6.39. The van der Waals surface area contributed by atoms with Crippen LogP contribution in [-0.4, -0.2) is 51.9 Å². The number of carbonyl (C=O) groups is 1. The highest BCUT2D eigenvalue weighted by atomic mass is 35.5. The van der Waals surface area contributed by atoms with Crippen molar-refractivity contribution in [2.75, 3.05) is 31.1 Å². The number of aromatic nitrogens is 3. The van der Waals surface area contributed by atoms with Gasteiger partial charge in [0.1, 0.15) is 16.8 Å². The summed E-state index contributed by atoms with van der Waals surface area (Å²) in [5, 5.41) is 0.492. The molecule has 1 saturated heterocycles. The number of nitrogens with one attached hydrogen (secondary N) is 1. The molecule has 0 spiro atoms. The van der Waals surface area contributed by atoms with Gasteiger partial charge in [0.05, 0.1) is 11.0 Å². The van der Waals surface area contributed by atoms with Crippen molar-refractivity contribution in [3.8, 4) is 0 Å². The quantitative estimate of drug-likeness (QED) is 0.718. The number of hydrogen-bond donors (Lipinski definition) is 1. The Morgan fingerprint density at radius 1 is 1.04 bits per heavy atom. The van der Waals surface area contributed by atoms with E-state index in [0.29, 0.717) is 31.1 Å². The molecule has 0 bridgehead atoms. The second-order valence-corrected chi connectivity index (χ2v) is 6.77. The maximum absolute atomic E-state index is 12.5. The van der Waals surface area contributed by atoms with E-state index in [2.05, 4.69) is 19.9 Å². The lowest BCUT2D eigenvalue weighted by molar-refractivity contribution is -0.131. The van der Waals surface area contributed by atoms with Crippen molar-refractivity contribution in [1.82, 2.24) is 19.9 Å². The van der Waals surface area contributed by atoms with Gasteiger partial charge in [-0.25, -0.2) is 9.97 Å².